The highest BCUT2D eigenvalue weighted by Crippen LogP contribution is 2.45. The lowest BCUT2D eigenvalue weighted by Crippen LogP contribution is -2.47. The Labute approximate surface area is 121 Å². The van der Waals surface area contributed by atoms with Crippen molar-refractivity contribution in [3.05, 3.63) is 35.9 Å². The summed E-state index contributed by atoms with van der Waals surface area (Å²) in [6.45, 7) is 2.88. The van der Waals surface area contributed by atoms with Crippen molar-refractivity contribution in [3.8, 4) is 0 Å². The number of hydrogen-bond acceptors (Lipinski definition) is 2. The van der Waals surface area contributed by atoms with E-state index in [1.807, 2.05) is 18.2 Å². The fourth-order valence-corrected chi connectivity index (χ4v) is 3.76. The van der Waals surface area contributed by atoms with Crippen LogP contribution in [0.1, 0.15) is 56.9 Å². The minimum absolute atomic E-state index is 0.0631. The summed E-state index contributed by atoms with van der Waals surface area (Å²) < 4.78 is 5.95. The fraction of sp³-hybridized carbons (Fsp3) is 0.611. The zero-order valence-corrected chi connectivity index (χ0v) is 12.3. The average Bonchev–Trinajstić information content (AvgIpc) is 2.47. The predicted octanol–water partition coefficient (Wildman–Crippen LogP) is 4.10. The Bertz CT molecular complexity index is 462. The van der Waals surface area contributed by atoms with E-state index in [2.05, 4.69) is 19.1 Å². The van der Waals surface area contributed by atoms with Crippen molar-refractivity contribution in [2.24, 2.45) is 5.92 Å². The molecule has 0 N–H and O–H groups in total. The van der Waals surface area contributed by atoms with Crippen LogP contribution >= 0.6 is 0 Å². The molecule has 0 bridgehead atoms. The summed E-state index contributed by atoms with van der Waals surface area (Å²) in [5.74, 6) is 0.707. The second-order valence-corrected chi connectivity index (χ2v) is 6.35. The van der Waals surface area contributed by atoms with Crippen LogP contribution in [-0.2, 0) is 9.53 Å². The Balaban J connectivity index is 1.73. The van der Waals surface area contributed by atoms with Crippen LogP contribution < -0.4 is 0 Å². The fourth-order valence-electron chi connectivity index (χ4n) is 3.76. The molecule has 0 radical (unpaired) electrons. The van der Waals surface area contributed by atoms with Gasteiger partial charge in [0.2, 0.25) is 0 Å². The molecule has 1 aromatic rings. The molecule has 20 heavy (non-hydrogen) atoms. The van der Waals surface area contributed by atoms with E-state index in [-0.39, 0.29) is 17.4 Å². The molecule has 2 heteroatoms. The first-order valence-electron chi connectivity index (χ1n) is 7.97. The summed E-state index contributed by atoms with van der Waals surface area (Å²) in [6, 6.07) is 10.2. The molecular weight excluding hydrogens is 248 g/mol. The molecule has 2 fully saturated rings. The minimum atomic E-state index is 0.0631. The van der Waals surface area contributed by atoms with E-state index in [0.29, 0.717) is 5.78 Å². The van der Waals surface area contributed by atoms with Gasteiger partial charge in [-0.3, -0.25) is 4.79 Å². The highest BCUT2D eigenvalue weighted by molar-refractivity contribution is 5.88. The number of ether oxygens (including phenoxy) is 1. The quantitative estimate of drug-likeness (QED) is 0.825. The maximum absolute atomic E-state index is 12.9. The number of ketones is 1. The molecule has 2 unspecified atom stereocenters. The first-order valence-corrected chi connectivity index (χ1v) is 7.97. The van der Waals surface area contributed by atoms with Crippen LogP contribution in [-0.4, -0.2) is 18.0 Å². The number of Topliss-reactive ketones (excluding diaryl/α,β-unsaturated/α-hetero) is 1. The Morgan fingerprint density at radius 1 is 1.35 bits per heavy atom. The number of benzene rings is 1. The third kappa shape index (κ3) is 2.54. The van der Waals surface area contributed by atoms with E-state index < -0.39 is 0 Å². The lowest BCUT2D eigenvalue weighted by Gasteiger charge is -2.47. The standard InChI is InChI=1S/C18H24O2/c1-2-16(14-7-4-3-5-8-14)17(19)15-9-12-20-18(13-15)10-6-11-18/h3-5,7-8,15-16H,2,6,9-13H2,1H3. The number of rotatable bonds is 4. The van der Waals surface area contributed by atoms with E-state index in [1.54, 1.807) is 0 Å². The summed E-state index contributed by atoms with van der Waals surface area (Å²) in [5, 5.41) is 0. The van der Waals surface area contributed by atoms with E-state index in [4.69, 9.17) is 4.74 Å². The van der Waals surface area contributed by atoms with Gasteiger partial charge >= 0.3 is 0 Å². The van der Waals surface area contributed by atoms with Crippen molar-refractivity contribution in [1.82, 2.24) is 0 Å². The van der Waals surface area contributed by atoms with Crippen molar-refractivity contribution in [1.29, 1.82) is 0 Å². The molecular formula is C18H24O2. The molecule has 1 saturated carbocycles. The van der Waals surface area contributed by atoms with Crippen molar-refractivity contribution in [3.63, 3.8) is 0 Å². The van der Waals surface area contributed by atoms with Crippen molar-refractivity contribution in [2.75, 3.05) is 6.61 Å². The number of carbonyl (C=O) groups excluding carboxylic acids is 1. The van der Waals surface area contributed by atoms with E-state index in [9.17, 15) is 4.79 Å². The van der Waals surface area contributed by atoms with Gasteiger partial charge in [-0.05, 0) is 44.1 Å². The molecule has 1 aliphatic carbocycles. The summed E-state index contributed by atoms with van der Waals surface area (Å²) in [7, 11) is 0. The van der Waals surface area contributed by atoms with Gasteiger partial charge in [0.25, 0.3) is 0 Å². The Morgan fingerprint density at radius 3 is 2.70 bits per heavy atom. The topological polar surface area (TPSA) is 26.3 Å². The lowest BCUT2D eigenvalue weighted by molar-refractivity contribution is -0.156. The van der Waals surface area contributed by atoms with Gasteiger partial charge in [0.05, 0.1) is 5.60 Å². The average molecular weight is 272 g/mol. The SMILES string of the molecule is CCC(C(=O)C1CCOC2(CCC2)C1)c1ccccc1. The molecule has 108 valence electrons. The Hall–Kier alpha value is -1.15. The van der Waals surface area contributed by atoms with Crippen LogP contribution in [0.3, 0.4) is 0 Å². The van der Waals surface area contributed by atoms with Gasteiger partial charge in [0.15, 0.2) is 0 Å². The number of hydrogen-bond donors (Lipinski definition) is 0. The first-order chi connectivity index (χ1) is 9.74. The van der Waals surface area contributed by atoms with E-state index >= 15 is 0 Å². The first kappa shape index (κ1) is 13.8. The van der Waals surface area contributed by atoms with Gasteiger partial charge in [0.1, 0.15) is 5.78 Å². The van der Waals surface area contributed by atoms with Crippen LogP contribution in [0.4, 0.5) is 0 Å². The zero-order valence-electron chi connectivity index (χ0n) is 12.3. The summed E-state index contributed by atoms with van der Waals surface area (Å²) in [4.78, 5) is 12.9. The third-order valence-electron chi connectivity index (χ3n) is 5.11. The Kier molecular flexibility index (Phi) is 3.93. The maximum atomic E-state index is 12.9. The van der Waals surface area contributed by atoms with Crippen LogP contribution in [0.2, 0.25) is 0 Å². The van der Waals surface area contributed by atoms with E-state index in [0.717, 1.165) is 38.7 Å². The minimum Gasteiger partial charge on any atom is -0.375 e. The van der Waals surface area contributed by atoms with Crippen molar-refractivity contribution >= 4 is 5.78 Å². The molecule has 1 aromatic carbocycles. The predicted molar refractivity (Wildman–Crippen MR) is 79.7 cm³/mol. The molecule has 2 aliphatic rings. The molecule has 1 heterocycles. The zero-order chi connectivity index (χ0) is 14.0. The highest BCUT2D eigenvalue weighted by Gasteiger charge is 2.45. The smallest absolute Gasteiger partial charge is 0.143 e. The molecule has 1 aliphatic heterocycles. The molecule has 3 rings (SSSR count). The third-order valence-corrected chi connectivity index (χ3v) is 5.11. The monoisotopic (exact) mass is 272 g/mol. The van der Waals surface area contributed by atoms with Crippen LogP contribution in [0.5, 0.6) is 0 Å². The second-order valence-electron chi connectivity index (χ2n) is 6.35. The van der Waals surface area contributed by atoms with Gasteiger partial charge < -0.3 is 4.74 Å². The summed E-state index contributed by atoms with van der Waals surface area (Å²) >= 11 is 0. The summed E-state index contributed by atoms with van der Waals surface area (Å²) in [6.07, 6.45) is 6.32. The van der Waals surface area contributed by atoms with Crippen LogP contribution in [0, 0.1) is 5.92 Å². The van der Waals surface area contributed by atoms with Gasteiger partial charge in [-0.1, -0.05) is 37.3 Å². The van der Waals surface area contributed by atoms with Gasteiger partial charge in [-0.25, -0.2) is 0 Å². The van der Waals surface area contributed by atoms with Gasteiger partial charge in [0, 0.05) is 18.4 Å². The van der Waals surface area contributed by atoms with Crippen molar-refractivity contribution < 1.29 is 9.53 Å². The number of carbonyl (C=O) groups is 1. The van der Waals surface area contributed by atoms with Crippen molar-refractivity contribution in [2.45, 2.75) is 57.0 Å². The molecule has 2 nitrogen and oxygen atoms in total. The molecule has 0 aromatic heterocycles. The largest absolute Gasteiger partial charge is 0.375 e. The maximum Gasteiger partial charge on any atom is 0.143 e. The lowest BCUT2D eigenvalue weighted by atomic mass is 9.69. The molecule has 2 atom stereocenters. The molecule has 1 spiro atoms. The highest BCUT2D eigenvalue weighted by atomic mass is 16.5. The van der Waals surface area contributed by atoms with Gasteiger partial charge in [-0.2, -0.15) is 0 Å². The van der Waals surface area contributed by atoms with E-state index in [1.165, 1.54) is 12.0 Å². The van der Waals surface area contributed by atoms with Crippen LogP contribution in [0.25, 0.3) is 0 Å². The second kappa shape index (κ2) is 5.69. The van der Waals surface area contributed by atoms with Crippen LogP contribution in [0.15, 0.2) is 30.3 Å². The summed E-state index contributed by atoms with van der Waals surface area (Å²) in [5.41, 5.74) is 1.24. The molecule has 1 saturated heterocycles. The Morgan fingerprint density at radius 2 is 2.10 bits per heavy atom. The normalized spacial score (nSPS) is 25.9. The van der Waals surface area contributed by atoms with Gasteiger partial charge in [-0.15, -0.1) is 0 Å². The molecule has 0 amide bonds.